The van der Waals surface area contributed by atoms with E-state index in [9.17, 15) is 14.3 Å². The molecule has 2 N–H and O–H groups in total. The number of carboxylic acids is 1. The van der Waals surface area contributed by atoms with Crippen molar-refractivity contribution >= 4 is 11.7 Å². The van der Waals surface area contributed by atoms with Crippen molar-refractivity contribution in [2.24, 2.45) is 0 Å². The van der Waals surface area contributed by atoms with Crippen LogP contribution in [0.2, 0.25) is 0 Å². The molecule has 0 aliphatic carbocycles. The number of carboxylic acid groups (broad SMARTS) is 1. The summed E-state index contributed by atoms with van der Waals surface area (Å²) in [5.41, 5.74) is 2.74. The van der Waals surface area contributed by atoms with Crippen LogP contribution in [0.5, 0.6) is 0 Å². The van der Waals surface area contributed by atoms with Gasteiger partial charge in [-0.2, -0.15) is 0 Å². The van der Waals surface area contributed by atoms with E-state index in [4.69, 9.17) is 0 Å². The fourth-order valence-electron chi connectivity index (χ4n) is 2.20. The average Bonchev–Trinajstić information content (AvgIpc) is 2.36. The van der Waals surface area contributed by atoms with Crippen LogP contribution in [0.4, 0.5) is 10.1 Å². The minimum absolute atomic E-state index is 0.180. The molecule has 4 heteroatoms. The predicted molar refractivity (Wildman–Crippen MR) is 76.3 cm³/mol. The second-order valence-corrected chi connectivity index (χ2v) is 4.82. The van der Waals surface area contributed by atoms with Crippen molar-refractivity contribution in [2.45, 2.75) is 19.9 Å². The highest BCUT2D eigenvalue weighted by Crippen LogP contribution is 2.23. The molecular formula is C16H16FNO2. The van der Waals surface area contributed by atoms with Crippen molar-refractivity contribution < 1.29 is 14.3 Å². The van der Waals surface area contributed by atoms with Gasteiger partial charge in [0.25, 0.3) is 0 Å². The van der Waals surface area contributed by atoms with Gasteiger partial charge < -0.3 is 10.4 Å². The number of halogens is 1. The van der Waals surface area contributed by atoms with Gasteiger partial charge in [0, 0.05) is 0 Å². The molecule has 0 bridgehead atoms. The Morgan fingerprint density at radius 1 is 1.15 bits per heavy atom. The van der Waals surface area contributed by atoms with Gasteiger partial charge in [-0.15, -0.1) is 0 Å². The quantitative estimate of drug-likeness (QED) is 0.893. The molecule has 0 spiro atoms. The van der Waals surface area contributed by atoms with Gasteiger partial charge >= 0.3 is 5.97 Å². The molecule has 20 heavy (non-hydrogen) atoms. The molecule has 0 saturated heterocycles. The van der Waals surface area contributed by atoms with Gasteiger partial charge in [0.2, 0.25) is 0 Å². The maximum atomic E-state index is 13.6. The predicted octanol–water partition coefficient (Wildman–Crippen LogP) is 3.68. The fourth-order valence-corrected chi connectivity index (χ4v) is 2.20. The van der Waals surface area contributed by atoms with E-state index in [-0.39, 0.29) is 5.69 Å². The van der Waals surface area contributed by atoms with E-state index in [1.54, 1.807) is 24.3 Å². The third kappa shape index (κ3) is 3.15. The molecule has 0 aliphatic heterocycles. The fraction of sp³-hybridized carbons (Fsp3) is 0.188. The number of anilines is 1. The van der Waals surface area contributed by atoms with Crippen LogP contribution in [0.25, 0.3) is 0 Å². The standard InChI is InChI=1S/C16H16FNO2/c1-10-7-11(2)9-12(8-10)15(16(19)20)18-14-6-4-3-5-13(14)17/h3-9,15,18H,1-2H3,(H,19,20). The molecule has 0 radical (unpaired) electrons. The lowest BCUT2D eigenvalue weighted by atomic mass is 10.0. The smallest absolute Gasteiger partial charge is 0.330 e. The minimum Gasteiger partial charge on any atom is -0.479 e. The third-order valence-electron chi connectivity index (χ3n) is 3.00. The number of hydrogen-bond donors (Lipinski definition) is 2. The van der Waals surface area contributed by atoms with E-state index in [0.29, 0.717) is 5.56 Å². The second-order valence-electron chi connectivity index (χ2n) is 4.82. The third-order valence-corrected chi connectivity index (χ3v) is 3.00. The monoisotopic (exact) mass is 273 g/mol. The lowest BCUT2D eigenvalue weighted by Crippen LogP contribution is -2.21. The molecular weight excluding hydrogens is 257 g/mol. The summed E-state index contributed by atoms with van der Waals surface area (Å²) in [6.45, 7) is 3.80. The number of hydrogen-bond acceptors (Lipinski definition) is 2. The Balaban J connectivity index is 2.37. The van der Waals surface area contributed by atoms with E-state index in [1.807, 2.05) is 19.9 Å². The van der Waals surface area contributed by atoms with E-state index in [2.05, 4.69) is 5.32 Å². The van der Waals surface area contributed by atoms with Gasteiger partial charge in [-0.05, 0) is 31.5 Å². The summed E-state index contributed by atoms with van der Waals surface area (Å²) < 4.78 is 13.6. The maximum Gasteiger partial charge on any atom is 0.330 e. The number of aliphatic carboxylic acids is 1. The lowest BCUT2D eigenvalue weighted by Gasteiger charge is -2.17. The molecule has 104 valence electrons. The molecule has 1 unspecified atom stereocenters. The highest BCUT2D eigenvalue weighted by atomic mass is 19.1. The number of carbonyl (C=O) groups is 1. The normalized spacial score (nSPS) is 11.9. The lowest BCUT2D eigenvalue weighted by molar-refractivity contribution is -0.138. The van der Waals surface area contributed by atoms with E-state index in [0.717, 1.165) is 11.1 Å². The molecule has 0 aromatic heterocycles. The molecule has 0 fully saturated rings. The molecule has 0 amide bonds. The summed E-state index contributed by atoms with van der Waals surface area (Å²) >= 11 is 0. The van der Waals surface area contributed by atoms with Crippen LogP contribution in [-0.2, 0) is 4.79 Å². The Kier molecular flexibility index (Phi) is 4.03. The van der Waals surface area contributed by atoms with E-state index < -0.39 is 17.8 Å². The minimum atomic E-state index is -1.04. The van der Waals surface area contributed by atoms with Gasteiger partial charge in [-0.25, -0.2) is 9.18 Å². The first-order valence-corrected chi connectivity index (χ1v) is 6.29. The molecule has 2 rings (SSSR count). The van der Waals surface area contributed by atoms with Crippen LogP contribution in [0.1, 0.15) is 22.7 Å². The van der Waals surface area contributed by atoms with Gasteiger partial charge in [0.15, 0.2) is 6.04 Å². The number of aryl methyl sites for hydroxylation is 2. The Hall–Kier alpha value is -2.36. The van der Waals surface area contributed by atoms with Crippen molar-refractivity contribution in [1.82, 2.24) is 0 Å². The SMILES string of the molecule is Cc1cc(C)cc(C(Nc2ccccc2F)C(=O)O)c1. The number of para-hydroxylation sites is 1. The summed E-state index contributed by atoms with van der Waals surface area (Å²) in [7, 11) is 0. The first-order valence-electron chi connectivity index (χ1n) is 6.29. The largest absolute Gasteiger partial charge is 0.479 e. The van der Waals surface area contributed by atoms with Gasteiger partial charge in [0.05, 0.1) is 5.69 Å². The average molecular weight is 273 g/mol. The maximum absolute atomic E-state index is 13.6. The molecule has 3 nitrogen and oxygen atoms in total. The molecule has 2 aromatic rings. The number of benzene rings is 2. The van der Waals surface area contributed by atoms with Gasteiger partial charge in [-0.1, -0.05) is 41.5 Å². The van der Waals surface area contributed by atoms with Crippen LogP contribution < -0.4 is 5.32 Å². The summed E-state index contributed by atoms with van der Waals surface area (Å²) in [6.07, 6.45) is 0. The van der Waals surface area contributed by atoms with Gasteiger partial charge in [0.1, 0.15) is 5.82 Å². The first kappa shape index (κ1) is 14.1. The topological polar surface area (TPSA) is 49.3 Å². The summed E-state index contributed by atoms with van der Waals surface area (Å²) in [5, 5.41) is 12.1. The highest BCUT2D eigenvalue weighted by Gasteiger charge is 2.21. The number of rotatable bonds is 4. The summed E-state index contributed by atoms with van der Waals surface area (Å²) in [4.78, 5) is 11.5. The van der Waals surface area contributed by atoms with Crippen molar-refractivity contribution in [1.29, 1.82) is 0 Å². The Bertz CT molecular complexity index is 620. The van der Waals surface area contributed by atoms with E-state index >= 15 is 0 Å². The summed E-state index contributed by atoms with van der Waals surface area (Å²) in [5.74, 6) is -1.51. The van der Waals surface area contributed by atoms with Crippen molar-refractivity contribution in [2.75, 3.05) is 5.32 Å². The molecule has 1 atom stereocenters. The summed E-state index contributed by atoms with van der Waals surface area (Å²) in [6, 6.07) is 10.6. The highest BCUT2D eigenvalue weighted by molar-refractivity contribution is 5.79. The Labute approximate surface area is 117 Å². The van der Waals surface area contributed by atoms with Crippen LogP contribution >= 0.6 is 0 Å². The van der Waals surface area contributed by atoms with E-state index in [1.165, 1.54) is 12.1 Å². The zero-order valence-electron chi connectivity index (χ0n) is 11.4. The van der Waals surface area contributed by atoms with Crippen molar-refractivity contribution in [3.8, 4) is 0 Å². The van der Waals surface area contributed by atoms with Crippen LogP contribution in [0, 0.1) is 19.7 Å². The molecule has 0 saturated carbocycles. The zero-order chi connectivity index (χ0) is 14.7. The second kappa shape index (κ2) is 5.74. The Morgan fingerprint density at radius 2 is 1.75 bits per heavy atom. The Morgan fingerprint density at radius 3 is 2.30 bits per heavy atom. The van der Waals surface area contributed by atoms with Crippen molar-refractivity contribution in [3.63, 3.8) is 0 Å². The van der Waals surface area contributed by atoms with Crippen LogP contribution in [0.3, 0.4) is 0 Å². The first-order chi connectivity index (χ1) is 9.47. The van der Waals surface area contributed by atoms with Crippen LogP contribution in [0.15, 0.2) is 42.5 Å². The van der Waals surface area contributed by atoms with Crippen molar-refractivity contribution in [3.05, 3.63) is 65.0 Å². The van der Waals surface area contributed by atoms with Gasteiger partial charge in [-0.3, -0.25) is 0 Å². The van der Waals surface area contributed by atoms with Crippen LogP contribution in [-0.4, -0.2) is 11.1 Å². The zero-order valence-corrected chi connectivity index (χ0v) is 11.4. The number of nitrogens with one attached hydrogen (secondary N) is 1. The molecule has 0 heterocycles. The molecule has 2 aromatic carbocycles. The molecule has 0 aliphatic rings.